The van der Waals surface area contributed by atoms with E-state index < -0.39 is 0 Å². The number of ether oxygens (including phenoxy) is 1. The van der Waals surface area contributed by atoms with Crippen molar-refractivity contribution in [3.05, 3.63) is 34.9 Å². The minimum absolute atomic E-state index is 0.372. The van der Waals surface area contributed by atoms with Crippen LogP contribution in [0, 0.1) is 13.8 Å². The van der Waals surface area contributed by atoms with Gasteiger partial charge in [-0.15, -0.1) is 0 Å². The Hall–Kier alpha value is -0.900. The van der Waals surface area contributed by atoms with Crippen molar-refractivity contribution in [1.82, 2.24) is 10.2 Å². The highest BCUT2D eigenvalue weighted by Gasteiger charge is 2.15. The smallest absolute Gasteiger partial charge is 0.0589 e. The maximum atomic E-state index is 5.18. The molecule has 1 N–H and O–H groups in total. The predicted octanol–water partition coefficient (Wildman–Crippen LogP) is 2.53. The Balaban J connectivity index is 2.78. The number of nitrogens with one attached hydrogen (secondary N) is 1. The third-order valence-corrected chi connectivity index (χ3v) is 3.66. The number of nitrogens with zero attached hydrogens (tertiary/aromatic N) is 1. The fraction of sp³-hybridized carbons (Fsp3) is 0.625. The normalized spacial score (nSPS) is 12.9. The van der Waals surface area contributed by atoms with E-state index in [4.69, 9.17) is 4.74 Å². The fourth-order valence-electron chi connectivity index (χ4n) is 2.34. The summed E-state index contributed by atoms with van der Waals surface area (Å²) in [5, 5.41) is 3.45. The lowest BCUT2D eigenvalue weighted by atomic mass is 9.98. The van der Waals surface area contributed by atoms with Gasteiger partial charge in [-0.2, -0.15) is 0 Å². The zero-order valence-electron chi connectivity index (χ0n) is 13.0. The number of hydrogen-bond acceptors (Lipinski definition) is 3. The molecule has 0 aliphatic carbocycles. The molecule has 1 rings (SSSR count). The number of rotatable bonds is 8. The van der Waals surface area contributed by atoms with E-state index in [9.17, 15) is 0 Å². The first-order valence-electron chi connectivity index (χ1n) is 7.08. The highest BCUT2D eigenvalue weighted by Crippen LogP contribution is 2.20. The Bertz CT molecular complexity index is 379. The zero-order valence-corrected chi connectivity index (χ0v) is 13.0. The molecule has 0 aliphatic heterocycles. The second-order valence-corrected chi connectivity index (χ2v) is 5.09. The van der Waals surface area contributed by atoms with Crippen LogP contribution < -0.4 is 5.32 Å². The van der Waals surface area contributed by atoms with E-state index in [1.54, 1.807) is 7.11 Å². The van der Waals surface area contributed by atoms with Crippen LogP contribution in [0.2, 0.25) is 0 Å². The van der Waals surface area contributed by atoms with Crippen LogP contribution in [0.1, 0.15) is 29.7 Å². The van der Waals surface area contributed by atoms with Gasteiger partial charge in [0.25, 0.3) is 0 Å². The van der Waals surface area contributed by atoms with Crippen molar-refractivity contribution in [1.29, 1.82) is 0 Å². The molecule has 0 aliphatic rings. The lowest BCUT2D eigenvalue weighted by Gasteiger charge is -2.27. The predicted molar refractivity (Wildman–Crippen MR) is 81.7 cm³/mol. The fourth-order valence-corrected chi connectivity index (χ4v) is 2.34. The molecule has 1 atom stereocenters. The van der Waals surface area contributed by atoms with Crippen LogP contribution in [0.4, 0.5) is 0 Å². The van der Waals surface area contributed by atoms with Crippen molar-refractivity contribution < 1.29 is 4.74 Å². The molecular formula is C16H28N2O. The molecular weight excluding hydrogens is 236 g/mol. The van der Waals surface area contributed by atoms with Crippen molar-refractivity contribution in [2.24, 2.45) is 0 Å². The quantitative estimate of drug-likeness (QED) is 0.781. The van der Waals surface area contributed by atoms with Gasteiger partial charge in [-0.05, 0) is 38.6 Å². The van der Waals surface area contributed by atoms with Gasteiger partial charge < -0.3 is 10.1 Å². The first-order valence-corrected chi connectivity index (χ1v) is 7.08. The molecule has 108 valence electrons. The lowest BCUT2D eigenvalue weighted by Crippen LogP contribution is -2.36. The van der Waals surface area contributed by atoms with E-state index in [1.165, 1.54) is 16.7 Å². The molecule has 1 aromatic rings. The Kier molecular flexibility index (Phi) is 7.06. The van der Waals surface area contributed by atoms with Gasteiger partial charge >= 0.3 is 0 Å². The number of methoxy groups -OCH3 is 1. The molecule has 1 unspecified atom stereocenters. The van der Waals surface area contributed by atoms with Crippen molar-refractivity contribution in [3.8, 4) is 0 Å². The molecule has 0 spiro atoms. The summed E-state index contributed by atoms with van der Waals surface area (Å²) in [7, 11) is 3.80. The number of aryl methyl sites for hydroxylation is 2. The van der Waals surface area contributed by atoms with Crippen molar-refractivity contribution >= 4 is 0 Å². The molecule has 0 bridgehead atoms. The van der Waals surface area contributed by atoms with Crippen LogP contribution in [0.15, 0.2) is 18.2 Å². The Labute approximate surface area is 118 Å². The van der Waals surface area contributed by atoms with Crippen LogP contribution in [0.25, 0.3) is 0 Å². The van der Waals surface area contributed by atoms with Gasteiger partial charge in [0.1, 0.15) is 0 Å². The molecule has 0 amide bonds. The van der Waals surface area contributed by atoms with E-state index in [0.717, 1.165) is 26.2 Å². The zero-order chi connectivity index (χ0) is 14.3. The van der Waals surface area contributed by atoms with Crippen LogP contribution in [-0.4, -0.2) is 45.3 Å². The third kappa shape index (κ3) is 4.94. The van der Waals surface area contributed by atoms with E-state index in [-0.39, 0.29) is 0 Å². The summed E-state index contributed by atoms with van der Waals surface area (Å²) >= 11 is 0. The Morgan fingerprint density at radius 2 is 2.05 bits per heavy atom. The number of likely N-dealkylation sites (N-methyl/N-ethyl adjacent to an activating group) is 2. The monoisotopic (exact) mass is 264 g/mol. The van der Waals surface area contributed by atoms with Crippen molar-refractivity contribution in [2.75, 3.05) is 40.4 Å². The highest BCUT2D eigenvalue weighted by atomic mass is 16.5. The lowest BCUT2D eigenvalue weighted by molar-refractivity contribution is 0.144. The largest absolute Gasteiger partial charge is 0.383 e. The summed E-state index contributed by atoms with van der Waals surface area (Å²) in [4.78, 5) is 2.42. The summed E-state index contributed by atoms with van der Waals surface area (Å²) < 4.78 is 5.18. The molecule has 0 heterocycles. The minimum atomic E-state index is 0.372. The molecule has 0 saturated heterocycles. The van der Waals surface area contributed by atoms with Gasteiger partial charge in [-0.3, -0.25) is 4.90 Å². The van der Waals surface area contributed by atoms with Crippen LogP contribution >= 0.6 is 0 Å². The van der Waals surface area contributed by atoms with Gasteiger partial charge in [0.15, 0.2) is 0 Å². The van der Waals surface area contributed by atoms with Crippen molar-refractivity contribution in [2.45, 2.75) is 26.8 Å². The average molecular weight is 264 g/mol. The molecule has 0 radical (unpaired) electrons. The maximum absolute atomic E-state index is 5.18. The summed E-state index contributed by atoms with van der Waals surface area (Å²) in [6, 6.07) is 7.05. The minimum Gasteiger partial charge on any atom is -0.383 e. The van der Waals surface area contributed by atoms with Crippen molar-refractivity contribution in [3.63, 3.8) is 0 Å². The first-order chi connectivity index (χ1) is 9.12. The average Bonchev–Trinajstić information content (AvgIpc) is 2.42. The second kappa shape index (κ2) is 8.31. The Morgan fingerprint density at radius 3 is 2.63 bits per heavy atom. The molecule has 3 heteroatoms. The van der Waals surface area contributed by atoms with Crippen LogP contribution in [0.5, 0.6) is 0 Å². The summed E-state index contributed by atoms with van der Waals surface area (Å²) in [5.74, 6) is 0. The van der Waals surface area contributed by atoms with Crippen LogP contribution in [0.3, 0.4) is 0 Å². The topological polar surface area (TPSA) is 24.5 Å². The number of benzene rings is 1. The number of hydrogen-bond donors (Lipinski definition) is 1. The summed E-state index contributed by atoms with van der Waals surface area (Å²) in [5.41, 5.74) is 4.08. The van der Waals surface area contributed by atoms with E-state index in [0.29, 0.717) is 6.04 Å². The van der Waals surface area contributed by atoms with Gasteiger partial charge in [0.05, 0.1) is 6.61 Å². The molecule has 0 aromatic heterocycles. The molecule has 1 aromatic carbocycles. The first kappa shape index (κ1) is 16.2. The van der Waals surface area contributed by atoms with E-state index in [2.05, 4.69) is 49.2 Å². The van der Waals surface area contributed by atoms with Crippen LogP contribution in [-0.2, 0) is 4.74 Å². The second-order valence-electron chi connectivity index (χ2n) is 5.09. The highest BCUT2D eigenvalue weighted by molar-refractivity contribution is 5.33. The standard InChI is InChI=1S/C16H28N2O/c1-6-18(9-10-19-5)12-16(17-4)15-11-13(2)7-8-14(15)3/h7-8,11,16-17H,6,9-10,12H2,1-5H3. The SMILES string of the molecule is CCN(CCOC)CC(NC)c1cc(C)ccc1C. The molecule has 0 saturated carbocycles. The molecule has 19 heavy (non-hydrogen) atoms. The van der Waals surface area contributed by atoms with Gasteiger partial charge in [0, 0.05) is 26.2 Å². The van der Waals surface area contributed by atoms with Gasteiger partial charge in [-0.1, -0.05) is 30.7 Å². The van der Waals surface area contributed by atoms with Gasteiger partial charge in [0.2, 0.25) is 0 Å². The Morgan fingerprint density at radius 1 is 1.32 bits per heavy atom. The third-order valence-electron chi connectivity index (χ3n) is 3.66. The maximum Gasteiger partial charge on any atom is 0.0589 e. The van der Waals surface area contributed by atoms with E-state index >= 15 is 0 Å². The van der Waals surface area contributed by atoms with E-state index in [1.807, 2.05) is 7.05 Å². The molecule has 3 nitrogen and oxygen atoms in total. The van der Waals surface area contributed by atoms with Gasteiger partial charge in [-0.25, -0.2) is 0 Å². The summed E-state index contributed by atoms with van der Waals surface area (Å²) in [6.45, 7) is 10.4. The molecule has 0 fully saturated rings. The summed E-state index contributed by atoms with van der Waals surface area (Å²) in [6.07, 6.45) is 0.